The number of likely N-dealkylation sites (N-methyl/N-ethyl adjacent to an activating group) is 3. The van der Waals surface area contributed by atoms with Gasteiger partial charge in [0.1, 0.15) is 17.2 Å². The van der Waals surface area contributed by atoms with Crippen molar-refractivity contribution in [3.63, 3.8) is 0 Å². The Labute approximate surface area is 280 Å². The number of para-hydroxylation sites is 3. The van der Waals surface area contributed by atoms with Crippen LogP contribution in [0.15, 0.2) is 88.3 Å². The topological polar surface area (TPSA) is 168 Å². The molecule has 4 rings (SSSR count). The summed E-state index contributed by atoms with van der Waals surface area (Å²) in [4.78, 5) is 7.20. The van der Waals surface area contributed by atoms with Gasteiger partial charge in [0.15, 0.2) is 0 Å². The number of phenolic OH excluding ortho intramolecular Hbond substituents is 3. The molecule has 0 atom stereocenters. The Bertz CT molecular complexity index is 1090. The molecular formula is C30H42Fe2N6O6+3. The van der Waals surface area contributed by atoms with Crippen molar-refractivity contribution in [1.29, 1.82) is 0 Å². The van der Waals surface area contributed by atoms with Gasteiger partial charge in [-0.15, -0.1) is 0 Å². The number of phenols is 3. The first kappa shape index (κ1) is 42.5. The zero-order valence-electron chi connectivity index (χ0n) is 25.0. The summed E-state index contributed by atoms with van der Waals surface area (Å²) in [5.41, 5.74) is 1.51. The minimum Gasteiger partial charge on any atom is -0.507 e. The number of nitrogens with zero attached hydrogens (tertiary/aromatic N) is 6. The molecule has 0 bridgehead atoms. The summed E-state index contributed by atoms with van der Waals surface area (Å²) in [5.74, 6) is 0.334. The van der Waals surface area contributed by atoms with E-state index in [4.69, 9.17) is 30.9 Å². The molecule has 6 N–H and O–H groups in total. The third-order valence-corrected chi connectivity index (χ3v) is 5.99. The van der Waals surface area contributed by atoms with E-state index < -0.39 is 0 Å². The van der Waals surface area contributed by atoms with E-state index in [0.29, 0.717) is 16.7 Å². The summed E-state index contributed by atoms with van der Waals surface area (Å²) >= 11 is 0. The monoisotopic (exact) mass is 694 g/mol. The van der Waals surface area contributed by atoms with Gasteiger partial charge in [-0.2, -0.15) is 0 Å². The normalized spacial score (nSPS) is 14.2. The molecule has 1 aliphatic heterocycles. The third-order valence-electron chi connectivity index (χ3n) is 5.99. The molecule has 0 aromatic heterocycles. The van der Waals surface area contributed by atoms with Crippen molar-refractivity contribution in [3.8, 4) is 17.2 Å². The van der Waals surface area contributed by atoms with Crippen molar-refractivity contribution < 1.29 is 65.1 Å². The van der Waals surface area contributed by atoms with Crippen LogP contribution < -0.4 is 0 Å². The van der Waals surface area contributed by atoms with Crippen LogP contribution in [0.4, 0.5) is 0 Å². The molecule has 0 saturated carbocycles. The van der Waals surface area contributed by atoms with Crippen molar-refractivity contribution in [3.05, 3.63) is 89.5 Å². The summed E-state index contributed by atoms with van der Waals surface area (Å²) < 4.78 is 0. The third kappa shape index (κ3) is 18.8. The Morgan fingerprint density at radius 1 is 0.477 bits per heavy atom. The maximum atomic E-state index is 9.04. The van der Waals surface area contributed by atoms with E-state index in [1.165, 1.54) is 76.1 Å². The van der Waals surface area contributed by atoms with Crippen LogP contribution in [0, 0.1) is 0 Å². The maximum absolute atomic E-state index is 9.04. The zero-order chi connectivity index (χ0) is 31.2. The van der Waals surface area contributed by atoms with Crippen LogP contribution in [-0.2, 0) is 34.1 Å². The van der Waals surface area contributed by atoms with Gasteiger partial charge in [-0.3, -0.25) is 0 Å². The molecule has 3 aromatic carbocycles. The smallest absolute Gasteiger partial charge is 0.507 e. The molecule has 241 valence electrons. The number of hydrogen-bond acceptors (Lipinski definition) is 12. The average molecular weight is 694 g/mol. The molecule has 1 saturated heterocycles. The zero-order valence-corrected chi connectivity index (χ0v) is 27.2. The minimum atomic E-state index is 0. The Hall–Kier alpha value is -3.61. The average Bonchev–Trinajstić information content (AvgIpc) is 3.05. The number of hydrogen-bond donors (Lipinski definition) is 6. The quantitative estimate of drug-likeness (QED) is 0.104. The summed E-state index contributed by atoms with van der Waals surface area (Å²) in [6.45, 7) is 7.19. The molecule has 3 aromatic rings. The molecule has 1 aliphatic rings. The van der Waals surface area contributed by atoms with Gasteiger partial charge in [0.25, 0.3) is 0 Å². The molecule has 1 fully saturated rings. The molecule has 12 nitrogen and oxygen atoms in total. The first-order valence-corrected chi connectivity index (χ1v) is 13.1. The van der Waals surface area contributed by atoms with E-state index in [1.54, 1.807) is 54.6 Å². The van der Waals surface area contributed by atoms with E-state index in [0.717, 1.165) is 0 Å². The molecular weight excluding hydrogens is 652 g/mol. The first-order valence-electron chi connectivity index (χ1n) is 13.1. The number of oxime groups is 3. The minimum absolute atomic E-state index is 0. The predicted molar refractivity (Wildman–Crippen MR) is 165 cm³/mol. The Balaban J connectivity index is 0. The van der Waals surface area contributed by atoms with Crippen LogP contribution in [0.25, 0.3) is 0 Å². The second kappa shape index (κ2) is 25.8. The van der Waals surface area contributed by atoms with Gasteiger partial charge < -0.3 is 45.6 Å². The van der Waals surface area contributed by atoms with Gasteiger partial charge in [-0.25, -0.2) is 0 Å². The number of benzene rings is 3. The van der Waals surface area contributed by atoms with E-state index in [1.807, 2.05) is 0 Å². The first-order chi connectivity index (χ1) is 20.2. The second-order valence-corrected chi connectivity index (χ2v) is 9.32. The second-order valence-electron chi connectivity index (χ2n) is 9.32. The van der Waals surface area contributed by atoms with Crippen LogP contribution in [0.3, 0.4) is 0 Å². The number of aromatic hydroxyl groups is 3. The number of rotatable bonds is 3. The Morgan fingerprint density at radius 3 is 0.864 bits per heavy atom. The molecule has 1 heterocycles. The molecule has 44 heavy (non-hydrogen) atoms. The fraction of sp³-hybridized carbons (Fsp3) is 0.300. The van der Waals surface area contributed by atoms with Gasteiger partial charge in [0.05, 0.1) is 18.6 Å². The standard InChI is InChI=1S/C9H21N3.3C7H7NO2.2Fe/c1-10-4-6-11(2)8-9-12(3)7-5-10;3*9-7-4-2-1-3-6(7)5-8-10;;/h4-9H2,1-3H3;3*1-5,9-10H;;/q;;;;;+3. The van der Waals surface area contributed by atoms with Crippen molar-refractivity contribution in [2.24, 2.45) is 15.5 Å². The van der Waals surface area contributed by atoms with E-state index in [9.17, 15) is 0 Å². The molecule has 1 radical (unpaired) electrons. The summed E-state index contributed by atoms with van der Waals surface area (Å²) in [7, 11) is 6.60. The van der Waals surface area contributed by atoms with Crippen LogP contribution >= 0.6 is 0 Å². The Kier molecular flexibility index (Phi) is 25.0. The predicted octanol–water partition coefficient (Wildman–Crippen LogP) is 3.39. The van der Waals surface area contributed by atoms with E-state index >= 15 is 0 Å². The molecule has 14 heteroatoms. The van der Waals surface area contributed by atoms with Crippen LogP contribution in [0.2, 0.25) is 0 Å². The van der Waals surface area contributed by atoms with Gasteiger partial charge in [0.2, 0.25) is 0 Å². The van der Waals surface area contributed by atoms with Gasteiger partial charge in [-0.1, -0.05) is 51.9 Å². The van der Waals surface area contributed by atoms with Crippen molar-refractivity contribution >= 4 is 18.6 Å². The fourth-order valence-electron chi connectivity index (χ4n) is 3.34. The molecule has 0 spiro atoms. The van der Waals surface area contributed by atoms with Crippen molar-refractivity contribution in [2.75, 3.05) is 60.4 Å². The maximum Gasteiger partial charge on any atom is 3.00 e. The SMILES string of the molecule is CN1CCN(C)CCN(C)CC1.ON=Cc1ccccc1O.ON=Cc1ccccc1O.ON=Cc1ccccc1O.[Fe+3].[Fe]. The van der Waals surface area contributed by atoms with Gasteiger partial charge in [-0.05, 0) is 57.5 Å². The summed E-state index contributed by atoms with van der Waals surface area (Å²) in [5, 5.41) is 59.8. The van der Waals surface area contributed by atoms with E-state index in [-0.39, 0.29) is 51.4 Å². The van der Waals surface area contributed by atoms with Gasteiger partial charge >= 0.3 is 17.1 Å². The fourth-order valence-corrected chi connectivity index (χ4v) is 3.34. The van der Waals surface area contributed by atoms with Crippen molar-refractivity contribution in [1.82, 2.24) is 14.7 Å². The van der Waals surface area contributed by atoms with Crippen LogP contribution in [-0.4, -0.2) is 125 Å². The van der Waals surface area contributed by atoms with Crippen molar-refractivity contribution in [2.45, 2.75) is 0 Å². The van der Waals surface area contributed by atoms with Crippen LogP contribution in [0.5, 0.6) is 17.2 Å². The van der Waals surface area contributed by atoms with Gasteiger partial charge in [0, 0.05) is 73.0 Å². The molecule has 0 unspecified atom stereocenters. The van der Waals surface area contributed by atoms with Crippen LogP contribution in [0.1, 0.15) is 16.7 Å². The molecule has 0 amide bonds. The summed E-state index contributed by atoms with van der Waals surface area (Å²) in [6.07, 6.45) is 3.53. The largest absolute Gasteiger partial charge is 3.00 e. The van der Waals surface area contributed by atoms with E-state index in [2.05, 4.69) is 51.3 Å². The molecule has 0 aliphatic carbocycles. The summed E-state index contributed by atoms with van der Waals surface area (Å²) in [6, 6.07) is 19.9. The Morgan fingerprint density at radius 2 is 0.682 bits per heavy atom.